The Labute approximate surface area is 149 Å². The Morgan fingerprint density at radius 2 is 1.60 bits per heavy atom. The normalized spacial score (nSPS) is 20.2. The number of hydrogen-bond acceptors (Lipinski definition) is 4. The van der Waals surface area contributed by atoms with Gasteiger partial charge in [-0.2, -0.15) is 0 Å². The van der Waals surface area contributed by atoms with Crippen molar-refractivity contribution in [3.63, 3.8) is 0 Å². The van der Waals surface area contributed by atoms with Crippen LogP contribution in [0.25, 0.3) is 0 Å². The molecule has 0 saturated carbocycles. The van der Waals surface area contributed by atoms with Crippen molar-refractivity contribution in [3.8, 4) is 0 Å². The molecule has 0 unspecified atom stereocenters. The maximum Gasteiger partial charge on any atom is 0.322 e. The number of benzene rings is 1. The maximum atomic E-state index is 12.1. The van der Waals surface area contributed by atoms with Crippen molar-refractivity contribution in [3.05, 3.63) is 35.9 Å². The van der Waals surface area contributed by atoms with Crippen LogP contribution in [0.5, 0.6) is 0 Å². The summed E-state index contributed by atoms with van der Waals surface area (Å²) >= 11 is 0. The summed E-state index contributed by atoms with van der Waals surface area (Å²) in [5.74, 6) is -1.27. The molecule has 6 nitrogen and oxygen atoms in total. The van der Waals surface area contributed by atoms with Crippen LogP contribution in [0.15, 0.2) is 30.3 Å². The fourth-order valence-electron chi connectivity index (χ4n) is 3.31. The molecule has 1 saturated heterocycles. The van der Waals surface area contributed by atoms with Crippen LogP contribution in [0.2, 0.25) is 0 Å². The minimum Gasteiger partial charge on any atom is -0.480 e. The molecule has 0 aromatic heterocycles. The molecule has 1 aromatic carbocycles. The highest BCUT2D eigenvalue weighted by Gasteiger charge is 2.43. The molecule has 2 rings (SSSR count). The molecular weight excluding hydrogens is 318 g/mol. The van der Waals surface area contributed by atoms with Gasteiger partial charge in [-0.05, 0) is 33.3 Å². The molecular formula is C19H29N3O3. The van der Waals surface area contributed by atoms with E-state index < -0.39 is 5.97 Å². The lowest BCUT2D eigenvalue weighted by atomic mass is 9.88. The quantitative estimate of drug-likeness (QED) is 0.817. The fourth-order valence-corrected chi connectivity index (χ4v) is 3.31. The highest BCUT2D eigenvalue weighted by molar-refractivity contribution is 5.82. The lowest BCUT2D eigenvalue weighted by molar-refractivity contribution is -0.139. The van der Waals surface area contributed by atoms with Gasteiger partial charge in [0.05, 0.1) is 6.54 Å². The Balaban J connectivity index is 2.05. The summed E-state index contributed by atoms with van der Waals surface area (Å²) in [6, 6.07) is 10.4. The third-order valence-electron chi connectivity index (χ3n) is 4.86. The van der Waals surface area contributed by atoms with E-state index in [0.29, 0.717) is 0 Å². The number of carboxylic acid groups (broad SMARTS) is 1. The summed E-state index contributed by atoms with van der Waals surface area (Å²) < 4.78 is 0. The molecule has 6 heteroatoms. The van der Waals surface area contributed by atoms with E-state index >= 15 is 0 Å². The van der Waals surface area contributed by atoms with Crippen molar-refractivity contribution < 1.29 is 14.7 Å². The monoisotopic (exact) mass is 347 g/mol. The zero-order chi connectivity index (χ0) is 18.7. The number of carbonyl (C=O) groups is 2. The summed E-state index contributed by atoms with van der Waals surface area (Å²) in [4.78, 5) is 27.3. The second-order valence-corrected chi connectivity index (χ2v) is 7.99. The summed E-state index contributed by atoms with van der Waals surface area (Å²) in [6.45, 7) is 11.0. The molecule has 1 aromatic rings. The van der Waals surface area contributed by atoms with Gasteiger partial charge in [-0.25, -0.2) is 0 Å². The first kappa shape index (κ1) is 19.4. The number of amides is 1. The predicted octanol–water partition coefficient (Wildman–Crippen LogP) is 1.56. The zero-order valence-corrected chi connectivity index (χ0v) is 15.6. The molecule has 1 amide bonds. The van der Waals surface area contributed by atoms with Crippen LogP contribution in [0.1, 0.15) is 33.3 Å². The smallest absolute Gasteiger partial charge is 0.322 e. The summed E-state index contributed by atoms with van der Waals surface area (Å²) in [5, 5.41) is 11.1. The minimum atomic E-state index is -1.03. The van der Waals surface area contributed by atoms with Crippen LogP contribution in [0.4, 0.5) is 0 Å². The first-order valence-corrected chi connectivity index (χ1v) is 8.63. The van der Waals surface area contributed by atoms with Crippen molar-refractivity contribution in [2.75, 3.05) is 26.2 Å². The highest BCUT2D eigenvalue weighted by atomic mass is 16.4. The minimum absolute atomic E-state index is 0.0849. The van der Waals surface area contributed by atoms with E-state index in [4.69, 9.17) is 5.11 Å². The number of aliphatic carboxylic acids is 1. The average Bonchev–Trinajstić information content (AvgIpc) is 2.51. The topological polar surface area (TPSA) is 72.9 Å². The van der Waals surface area contributed by atoms with Gasteiger partial charge in [-0.15, -0.1) is 0 Å². The molecule has 0 radical (unpaired) electrons. The Morgan fingerprint density at radius 3 is 2.20 bits per heavy atom. The average molecular weight is 347 g/mol. The second-order valence-electron chi connectivity index (χ2n) is 7.99. The number of piperazine rings is 1. The number of hydrogen-bond donors (Lipinski definition) is 2. The molecule has 1 aliphatic rings. The highest BCUT2D eigenvalue weighted by Crippen LogP contribution is 2.31. The van der Waals surface area contributed by atoms with E-state index in [-0.39, 0.29) is 30.1 Å². The lowest BCUT2D eigenvalue weighted by Gasteiger charge is -2.55. The van der Waals surface area contributed by atoms with Gasteiger partial charge in [0.1, 0.15) is 6.54 Å². The first-order valence-electron chi connectivity index (χ1n) is 8.63. The summed E-state index contributed by atoms with van der Waals surface area (Å²) in [5.41, 5.74) is 1.02. The van der Waals surface area contributed by atoms with E-state index in [1.807, 2.05) is 6.07 Å². The number of nitrogens with zero attached hydrogens (tertiary/aromatic N) is 2. The van der Waals surface area contributed by atoms with Gasteiger partial charge in [0.15, 0.2) is 0 Å². The molecule has 2 N–H and O–H groups in total. The van der Waals surface area contributed by atoms with Gasteiger partial charge in [0, 0.05) is 30.7 Å². The first-order chi connectivity index (χ1) is 11.6. The Bertz CT molecular complexity index is 614. The molecule has 0 spiro atoms. The number of carboxylic acids is 1. The molecule has 138 valence electrons. The maximum absolute atomic E-state index is 12.1. The second kappa shape index (κ2) is 7.54. The molecule has 0 aliphatic carbocycles. The Morgan fingerprint density at radius 1 is 1.04 bits per heavy atom. The van der Waals surface area contributed by atoms with E-state index in [1.54, 1.807) is 0 Å². The van der Waals surface area contributed by atoms with Crippen LogP contribution in [0.3, 0.4) is 0 Å². The standard InChI is InChI=1S/C19H29N3O3/c1-18(2)14-22(12-16(23)20-10-17(24)25)19(3,4)13-21(18)11-15-8-6-5-7-9-15/h5-9H,10-14H2,1-4H3,(H,20,23)(H,24,25). The predicted molar refractivity (Wildman–Crippen MR) is 97.2 cm³/mol. The van der Waals surface area contributed by atoms with Gasteiger partial charge in [0.25, 0.3) is 0 Å². The molecule has 1 fully saturated rings. The van der Waals surface area contributed by atoms with E-state index in [0.717, 1.165) is 19.6 Å². The van der Waals surface area contributed by atoms with E-state index in [9.17, 15) is 9.59 Å². The van der Waals surface area contributed by atoms with Gasteiger partial charge in [0.2, 0.25) is 5.91 Å². The molecule has 0 atom stereocenters. The van der Waals surface area contributed by atoms with Crippen LogP contribution in [-0.2, 0) is 16.1 Å². The van der Waals surface area contributed by atoms with Gasteiger partial charge < -0.3 is 10.4 Å². The molecule has 1 aliphatic heterocycles. The van der Waals surface area contributed by atoms with Crippen LogP contribution < -0.4 is 5.32 Å². The van der Waals surface area contributed by atoms with Crippen molar-refractivity contribution in [1.29, 1.82) is 0 Å². The summed E-state index contributed by atoms with van der Waals surface area (Å²) in [6.07, 6.45) is 0. The van der Waals surface area contributed by atoms with Crippen molar-refractivity contribution in [2.24, 2.45) is 0 Å². The van der Waals surface area contributed by atoms with E-state index in [2.05, 4.69) is 67.1 Å². The number of nitrogens with one attached hydrogen (secondary N) is 1. The van der Waals surface area contributed by atoms with Gasteiger partial charge in [-0.1, -0.05) is 30.3 Å². The molecule has 0 bridgehead atoms. The van der Waals surface area contributed by atoms with Gasteiger partial charge >= 0.3 is 5.97 Å². The third kappa shape index (κ3) is 5.28. The van der Waals surface area contributed by atoms with Crippen molar-refractivity contribution in [2.45, 2.75) is 45.3 Å². The lowest BCUT2D eigenvalue weighted by Crippen LogP contribution is -2.68. The summed E-state index contributed by atoms with van der Waals surface area (Å²) in [7, 11) is 0. The third-order valence-corrected chi connectivity index (χ3v) is 4.86. The zero-order valence-electron chi connectivity index (χ0n) is 15.6. The molecule has 1 heterocycles. The van der Waals surface area contributed by atoms with Crippen LogP contribution in [-0.4, -0.2) is 64.0 Å². The van der Waals surface area contributed by atoms with Gasteiger partial charge in [-0.3, -0.25) is 19.4 Å². The molecule has 25 heavy (non-hydrogen) atoms. The van der Waals surface area contributed by atoms with E-state index in [1.165, 1.54) is 5.56 Å². The number of carbonyl (C=O) groups excluding carboxylic acids is 1. The fraction of sp³-hybridized carbons (Fsp3) is 0.579. The SMILES string of the molecule is CC1(C)CN(Cc2ccccc2)C(C)(C)CN1CC(=O)NCC(=O)O. The van der Waals surface area contributed by atoms with Crippen LogP contribution in [0, 0.1) is 0 Å². The Hall–Kier alpha value is -1.92. The van der Waals surface area contributed by atoms with Crippen LogP contribution >= 0.6 is 0 Å². The largest absolute Gasteiger partial charge is 0.480 e. The van der Waals surface area contributed by atoms with Crippen molar-refractivity contribution in [1.82, 2.24) is 15.1 Å². The number of rotatable bonds is 6. The Kier molecular flexibility index (Phi) is 5.85. The van der Waals surface area contributed by atoms with Crippen molar-refractivity contribution >= 4 is 11.9 Å².